The van der Waals surface area contributed by atoms with Gasteiger partial charge in [-0.2, -0.15) is 0 Å². The highest BCUT2D eigenvalue weighted by Gasteiger charge is 2.30. The average molecular weight is 264 g/mol. The molecule has 1 aliphatic carbocycles. The van der Waals surface area contributed by atoms with Gasteiger partial charge in [0.25, 0.3) is 0 Å². The van der Waals surface area contributed by atoms with E-state index in [2.05, 4.69) is 56.0 Å². The molecule has 0 saturated heterocycles. The molecule has 0 aliphatic heterocycles. The van der Waals surface area contributed by atoms with Crippen molar-refractivity contribution in [2.45, 2.75) is 32.1 Å². The van der Waals surface area contributed by atoms with Crippen LogP contribution in [-0.2, 0) is 4.79 Å². The standard InChI is InChI=1S/C19H20O/c1-13(2)18-10-9-17(20)12-19(18)16-8-7-14-5-3-4-6-15(14)11-16/h3-8,11,18-19H,1,9-10,12H2,2H3/t18-,19-/m0/s1. The van der Waals surface area contributed by atoms with E-state index >= 15 is 0 Å². The third kappa shape index (κ3) is 2.40. The number of Topliss-reactive ketones (excluding diaryl/α,β-unsaturated/α-hetero) is 1. The molecule has 0 N–H and O–H groups in total. The molecule has 2 atom stereocenters. The fraction of sp³-hybridized carbons (Fsp3) is 0.316. The van der Waals surface area contributed by atoms with Crippen LogP contribution in [0.5, 0.6) is 0 Å². The average Bonchev–Trinajstić information content (AvgIpc) is 2.46. The number of carbonyl (C=O) groups is 1. The van der Waals surface area contributed by atoms with Crippen molar-refractivity contribution in [3.8, 4) is 0 Å². The number of benzene rings is 2. The van der Waals surface area contributed by atoms with Gasteiger partial charge in [-0.1, -0.05) is 54.6 Å². The Kier molecular flexibility index (Phi) is 3.43. The van der Waals surface area contributed by atoms with E-state index < -0.39 is 0 Å². The predicted octanol–water partition coefficient (Wildman–Crippen LogP) is 4.87. The molecule has 1 aliphatic rings. The smallest absolute Gasteiger partial charge is 0.133 e. The Morgan fingerprint density at radius 1 is 1.15 bits per heavy atom. The van der Waals surface area contributed by atoms with Crippen LogP contribution in [-0.4, -0.2) is 5.78 Å². The Balaban J connectivity index is 2.02. The van der Waals surface area contributed by atoms with Crippen LogP contribution in [0.15, 0.2) is 54.6 Å². The first-order chi connectivity index (χ1) is 9.65. The molecule has 20 heavy (non-hydrogen) atoms. The third-order valence-corrected chi connectivity index (χ3v) is 4.50. The van der Waals surface area contributed by atoms with Crippen molar-refractivity contribution in [3.63, 3.8) is 0 Å². The summed E-state index contributed by atoms with van der Waals surface area (Å²) >= 11 is 0. The molecule has 1 saturated carbocycles. The van der Waals surface area contributed by atoms with Crippen LogP contribution in [0.1, 0.15) is 37.7 Å². The van der Waals surface area contributed by atoms with E-state index in [9.17, 15) is 4.79 Å². The van der Waals surface area contributed by atoms with Crippen molar-refractivity contribution in [1.82, 2.24) is 0 Å². The number of allylic oxidation sites excluding steroid dienone is 1. The molecule has 2 aromatic rings. The molecule has 102 valence electrons. The van der Waals surface area contributed by atoms with Crippen molar-refractivity contribution in [2.75, 3.05) is 0 Å². The Morgan fingerprint density at radius 2 is 1.90 bits per heavy atom. The van der Waals surface area contributed by atoms with Crippen LogP contribution in [0.2, 0.25) is 0 Å². The van der Waals surface area contributed by atoms with E-state index in [-0.39, 0.29) is 0 Å². The topological polar surface area (TPSA) is 17.1 Å². The molecule has 0 bridgehead atoms. The summed E-state index contributed by atoms with van der Waals surface area (Å²) in [5.41, 5.74) is 2.49. The van der Waals surface area contributed by atoms with Gasteiger partial charge in [0.05, 0.1) is 0 Å². The van der Waals surface area contributed by atoms with E-state index in [0.29, 0.717) is 30.5 Å². The van der Waals surface area contributed by atoms with Gasteiger partial charge in [0.1, 0.15) is 5.78 Å². The molecule has 1 fully saturated rings. The summed E-state index contributed by atoms with van der Waals surface area (Å²) in [5, 5.41) is 2.51. The van der Waals surface area contributed by atoms with E-state index in [1.165, 1.54) is 21.9 Å². The summed E-state index contributed by atoms with van der Waals surface area (Å²) in [6.45, 7) is 6.22. The van der Waals surface area contributed by atoms with Gasteiger partial charge in [0.15, 0.2) is 0 Å². The summed E-state index contributed by atoms with van der Waals surface area (Å²) in [6, 6.07) is 15.0. The molecule has 0 heterocycles. The van der Waals surface area contributed by atoms with Crippen LogP contribution in [0, 0.1) is 5.92 Å². The fourth-order valence-corrected chi connectivity index (χ4v) is 3.39. The predicted molar refractivity (Wildman–Crippen MR) is 83.9 cm³/mol. The van der Waals surface area contributed by atoms with Crippen LogP contribution >= 0.6 is 0 Å². The first-order valence-electron chi connectivity index (χ1n) is 7.31. The van der Waals surface area contributed by atoms with E-state index in [1.807, 2.05) is 0 Å². The number of rotatable bonds is 2. The normalized spacial score (nSPS) is 22.9. The second-order valence-corrected chi connectivity index (χ2v) is 5.95. The van der Waals surface area contributed by atoms with Gasteiger partial charge < -0.3 is 0 Å². The number of hydrogen-bond donors (Lipinski definition) is 0. The third-order valence-electron chi connectivity index (χ3n) is 4.50. The second-order valence-electron chi connectivity index (χ2n) is 5.95. The SMILES string of the molecule is C=C(C)[C@@H]1CCC(=O)C[C@H]1c1ccc2ccccc2c1. The van der Waals surface area contributed by atoms with Gasteiger partial charge in [-0.3, -0.25) is 4.79 Å². The van der Waals surface area contributed by atoms with E-state index in [4.69, 9.17) is 0 Å². The first kappa shape index (κ1) is 13.1. The van der Waals surface area contributed by atoms with Crippen LogP contribution in [0.4, 0.5) is 0 Å². The lowest BCUT2D eigenvalue weighted by Crippen LogP contribution is -2.24. The quantitative estimate of drug-likeness (QED) is 0.707. The molecule has 0 unspecified atom stereocenters. The highest BCUT2D eigenvalue weighted by atomic mass is 16.1. The molecule has 0 aromatic heterocycles. The molecule has 1 heteroatoms. The Morgan fingerprint density at radius 3 is 2.65 bits per heavy atom. The minimum Gasteiger partial charge on any atom is -0.300 e. The van der Waals surface area contributed by atoms with Crippen molar-refractivity contribution in [1.29, 1.82) is 0 Å². The zero-order valence-corrected chi connectivity index (χ0v) is 11.9. The molecule has 0 spiro atoms. The van der Waals surface area contributed by atoms with Gasteiger partial charge in [0.2, 0.25) is 0 Å². The largest absolute Gasteiger partial charge is 0.300 e. The minimum atomic E-state index is 0.304. The number of fused-ring (bicyclic) bond motifs is 1. The van der Waals surface area contributed by atoms with Crippen LogP contribution in [0.3, 0.4) is 0 Å². The molecular formula is C19H20O. The van der Waals surface area contributed by atoms with Crippen LogP contribution in [0.25, 0.3) is 10.8 Å². The Labute approximate surface area is 120 Å². The maximum Gasteiger partial charge on any atom is 0.133 e. The van der Waals surface area contributed by atoms with Gasteiger partial charge in [-0.15, -0.1) is 0 Å². The summed E-state index contributed by atoms with van der Waals surface area (Å²) in [7, 11) is 0. The Bertz CT molecular complexity index is 668. The van der Waals surface area contributed by atoms with Gasteiger partial charge in [0, 0.05) is 12.8 Å². The van der Waals surface area contributed by atoms with Crippen molar-refractivity contribution >= 4 is 16.6 Å². The highest BCUT2D eigenvalue weighted by molar-refractivity contribution is 5.84. The fourth-order valence-electron chi connectivity index (χ4n) is 3.39. The van der Waals surface area contributed by atoms with Gasteiger partial charge >= 0.3 is 0 Å². The number of ketones is 1. The van der Waals surface area contributed by atoms with E-state index in [1.54, 1.807) is 0 Å². The summed E-state index contributed by atoms with van der Waals surface area (Å²) in [6.07, 6.45) is 2.32. The summed E-state index contributed by atoms with van der Waals surface area (Å²) in [5.74, 6) is 1.13. The van der Waals surface area contributed by atoms with E-state index in [0.717, 1.165) is 6.42 Å². The first-order valence-corrected chi connectivity index (χ1v) is 7.31. The molecule has 1 nitrogen and oxygen atoms in total. The van der Waals surface area contributed by atoms with Crippen LogP contribution < -0.4 is 0 Å². The molecule has 3 rings (SSSR count). The second kappa shape index (κ2) is 5.24. The maximum absolute atomic E-state index is 11.8. The lowest BCUT2D eigenvalue weighted by molar-refractivity contribution is -0.121. The zero-order chi connectivity index (χ0) is 14.1. The monoisotopic (exact) mass is 264 g/mol. The van der Waals surface area contributed by atoms with Crippen molar-refractivity contribution in [3.05, 3.63) is 60.2 Å². The summed E-state index contributed by atoms with van der Waals surface area (Å²) < 4.78 is 0. The minimum absolute atomic E-state index is 0.304. The Hall–Kier alpha value is -1.89. The lowest BCUT2D eigenvalue weighted by atomic mass is 9.72. The highest BCUT2D eigenvalue weighted by Crippen LogP contribution is 2.40. The number of carbonyl (C=O) groups excluding carboxylic acids is 1. The summed E-state index contributed by atoms with van der Waals surface area (Å²) in [4.78, 5) is 11.8. The van der Waals surface area contributed by atoms with Gasteiger partial charge in [-0.25, -0.2) is 0 Å². The zero-order valence-electron chi connectivity index (χ0n) is 11.9. The number of hydrogen-bond acceptors (Lipinski definition) is 1. The van der Waals surface area contributed by atoms with Crippen molar-refractivity contribution < 1.29 is 4.79 Å². The molecule has 0 amide bonds. The maximum atomic E-state index is 11.8. The van der Waals surface area contributed by atoms with Gasteiger partial charge in [-0.05, 0) is 41.5 Å². The molecule has 0 radical (unpaired) electrons. The molecular weight excluding hydrogens is 244 g/mol. The molecule has 2 aromatic carbocycles. The van der Waals surface area contributed by atoms with Crippen molar-refractivity contribution in [2.24, 2.45) is 5.92 Å². The lowest BCUT2D eigenvalue weighted by Gasteiger charge is -2.31.